The van der Waals surface area contributed by atoms with Crippen LogP contribution in [0.25, 0.3) is 0 Å². The normalized spacial score (nSPS) is 26.2. The number of piperidine rings is 1. The van der Waals surface area contributed by atoms with Crippen molar-refractivity contribution in [2.45, 2.75) is 51.5 Å². The molecule has 0 unspecified atom stereocenters. The number of nitrogens with zero attached hydrogens (tertiary/aromatic N) is 1. The summed E-state index contributed by atoms with van der Waals surface area (Å²) in [5.74, 6) is 0.888. The van der Waals surface area contributed by atoms with Crippen LogP contribution in [0.2, 0.25) is 5.02 Å². The molecule has 1 aromatic rings. The molecule has 3 heteroatoms. The molecular formula is C17H22ClNO. The minimum absolute atomic E-state index is 0.0377. The molecule has 0 radical (unpaired) electrons. The number of halogens is 1. The third-order valence-corrected chi connectivity index (χ3v) is 5.22. The zero-order valence-corrected chi connectivity index (χ0v) is 12.8. The molecule has 2 aliphatic rings. The van der Waals surface area contributed by atoms with Crippen molar-refractivity contribution in [2.75, 3.05) is 11.4 Å². The van der Waals surface area contributed by atoms with E-state index in [2.05, 4.69) is 11.0 Å². The maximum Gasteiger partial charge on any atom is 0.161 e. The zero-order valence-electron chi connectivity index (χ0n) is 12.1. The minimum Gasteiger partial charge on any atom is -0.368 e. The number of fused-ring (bicyclic) bond motifs is 1. The van der Waals surface area contributed by atoms with Gasteiger partial charge in [0.2, 0.25) is 0 Å². The third-order valence-electron chi connectivity index (χ3n) is 4.91. The van der Waals surface area contributed by atoms with Gasteiger partial charge in [-0.1, -0.05) is 24.4 Å². The summed E-state index contributed by atoms with van der Waals surface area (Å²) < 4.78 is 0. The highest BCUT2D eigenvalue weighted by Gasteiger charge is 2.33. The van der Waals surface area contributed by atoms with E-state index in [4.69, 9.17) is 11.6 Å². The summed E-state index contributed by atoms with van der Waals surface area (Å²) in [4.78, 5) is 14.0. The van der Waals surface area contributed by atoms with E-state index in [1.54, 1.807) is 6.92 Å². The number of carbonyl (C=O) groups is 1. The van der Waals surface area contributed by atoms with Crippen LogP contribution in [0.15, 0.2) is 18.2 Å². The van der Waals surface area contributed by atoms with Crippen LogP contribution in [0, 0.1) is 5.92 Å². The molecule has 3 rings (SSSR count). The predicted molar refractivity (Wildman–Crippen MR) is 83.8 cm³/mol. The van der Waals surface area contributed by atoms with Crippen molar-refractivity contribution in [3.05, 3.63) is 28.8 Å². The number of ketones is 1. The van der Waals surface area contributed by atoms with Crippen molar-refractivity contribution >= 4 is 23.1 Å². The fourth-order valence-corrected chi connectivity index (χ4v) is 4.22. The van der Waals surface area contributed by atoms with Crippen LogP contribution in [0.5, 0.6) is 0 Å². The van der Waals surface area contributed by atoms with Crippen LogP contribution in [0.3, 0.4) is 0 Å². The molecule has 0 spiro atoms. The average molecular weight is 292 g/mol. The zero-order chi connectivity index (χ0) is 14.1. The second-order valence-electron chi connectivity index (χ2n) is 6.17. The lowest BCUT2D eigenvalue weighted by Gasteiger charge is -2.45. The molecule has 0 N–H and O–H groups in total. The van der Waals surface area contributed by atoms with E-state index in [-0.39, 0.29) is 5.78 Å². The Labute approximate surface area is 126 Å². The number of anilines is 1. The molecule has 0 amide bonds. The summed E-state index contributed by atoms with van der Waals surface area (Å²) in [7, 11) is 0. The van der Waals surface area contributed by atoms with Crippen LogP contribution in [0.4, 0.5) is 5.69 Å². The molecule has 1 saturated carbocycles. The van der Waals surface area contributed by atoms with E-state index in [0.29, 0.717) is 16.6 Å². The van der Waals surface area contributed by atoms with Crippen LogP contribution in [-0.4, -0.2) is 18.4 Å². The Morgan fingerprint density at radius 2 is 1.95 bits per heavy atom. The van der Waals surface area contributed by atoms with Gasteiger partial charge in [0.05, 0.1) is 5.02 Å². The number of hydrogen-bond acceptors (Lipinski definition) is 2. The van der Waals surface area contributed by atoms with Crippen LogP contribution in [0.1, 0.15) is 55.8 Å². The van der Waals surface area contributed by atoms with Gasteiger partial charge in [0.1, 0.15) is 0 Å². The highest BCUT2D eigenvalue weighted by Crippen LogP contribution is 2.38. The van der Waals surface area contributed by atoms with E-state index in [9.17, 15) is 4.79 Å². The number of Topliss-reactive ketones (excluding diaryl/α,β-unsaturated/α-hetero) is 1. The van der Waals surface area contributed by atoms with E-state index in [1.807, 2.05) is 12.1 Å². The quantitative estimate of drug-likeness (QED) is 0.736. The lowest BCUT2D eigenvalue weighted by molar-refractivity contribution is 0.101. The van der Waals surface area contributed by atoms with Crippen LogP contribution < -0.4 is 4.90 Å². The van der Waals surface area contributed by atoms with Gasteiger partial charge >= 0.3 is 0 Å². The topological polar surface area (TPSA) is 20.3 Å². The third kappa shape index (κ3) is 2.58. The van der Waals surface area contributed by atoms with Crippen molar-refractivity contribution in [3.63, 3.8) is 0 Å². The molecule has 2 fully saturated rings. The smallest absolute Gasteiger partial charge is 0.161 e. The van der Waals surface area contributed by atoms with Gasteiger partial charge in [0, 0.05) is 23.8 Å². The van der Waals surface area contributed by atoms with Gasteiger partial charge in [-0.25, -0.2) is 0 Å². The first-order valence-electron chi connectivity index (χ1n) is 7.74. The Morgan fingerprint density at radius 1 is 1.20 bits per heavy atom. The van der Waals surface area contributed by atoms with Gasteiger partial charge in [-0.05, 0) is 56.7 Å². The summed E-state index contributed by atoms with van der Waals surface area (Å²) in [6.45, 7) is 2.69. The minimum atomic E-state index is 0.0377. The highest BCUT2D eigenvalue weighted by molar-refractivity contribution is 6.34. The Morgan fingerprint density at radius 3 is 2.70 bits per heavy atom. The second kappa shape index (κ2) is 5.77. The molecule has 20 heavy (non-hydrogen) atoms. The molecule has 1 aliphatic carbocycles. The molecule has 108 valence electrons. The SMILES string of the molecule is CC(=O)c1ccc(N2CCC[C@H]3CCCC[C@H]32)cc1Cl. The fraction of sp³-hybridized carbons (Fsp3) is 0.588. The second-order valence-corrected chi connectivity index (χ2v) is 6.58. The lowest BCUT2D eigenvalue weighted by atomic mass is 9.78. The number of benzene rings is 1. The maximum absolute atomic E-state index is 11.5. The first kappa shape index (κ1) is 13.9. The van der Waals surface area contributed by atoms with Crippen LogP contribution in [-0.2, 0) is 0 Å². The molecule has 1 saturated heterocycles. The largest absolute Gasteiger partial charge is 0.368 e. The summed E-state index contributed by atoms with van der Waals surface area (Å²) in [5, 5.41) is 0.591. The Balaban J connectivity index is 1.87. The molecule has 0 aromatic heterocycles. The van der Waals surface area contributed by atoms with Crippen molar-refractivity contribution in [1.82, 2.24) is 0 Å². The number of rotatable bonds is 2. The van der Waals surface area contributed by atoms with E-state index in [0.717, 1.165) is 12.5 Å². The Hall–Kier alpha value is -1.02. The summed E-state index contributed by atoms with van der Waals surface area (Å²) >= 11 is 6.27. The molecule has 1 aliphatic heterocycles. The summed E-state index contributed by atoms with van der Waals surface area (Å²) in [6, 6.07) is 6.61. The molecule has 0 bridgehead atoms. The Kier molecular flexibility index (Phi) is 4.02. The van der Waals surface area contributed by atoms with Crippen molar-refractivity contribution in [3.8, 4) is 0 Å². The van der Waals surface area contributed by atoms with Crippen molar-refractivity contribution < 1.29 is 4.79 Å². The Bertz CT molecular complexity index is 512. The van der Waals surface area contributed by atoms with Gasteiger partial charge in [-0.2, -0.15) is 0 Å². The van der Waals surface area contributed by atoms with Gasteiger partial charge in [-0.15, -0.1) is 0 Å². The van der Waals surface area contributed by atoms with Gasteiger partial charge in [0.25, 0.3) is 0 Å². The van der Waals surface area contributed by atoms with Gasteiger partial charge < -0.3 is 4.90 Å². The molecular weight excluding hydrogens is 270 g/mol. The van der Waals surface area contributed by atoms with E-state index in [1.165, 1.54) is 44.2 Å². The van der Waals surface area contributed by atoms with Crippen molar-refractivity contribution in [2.24, 2.45) is 5.92 Å². The van der Waals surface area contributed by atoms with Gasteiger partial charge in [-0.3, -0.25) is 4.79 Å². The standard InChI is InChI=1S/C17H22ClNO/c1-12(20)15-9-8-14(11-16(15)18)19-10-4-6-13-5-2-3-7-17(13)19/h8-9,11,13,17H,2-7,10H2,1H3/t13-,17-/m1/s1. The fourth-order valence-electron chi connectivity index (χ4n) is 3.91. The summed E-state index contributed by atoms with van der Waals surface area (Å²) in [5.41, 5.74) is 1.82. The molecule has 2 nitrogen and oxygen atoms in total. The monoisotopic (exact) mass is 291 g/mol. The highest BCUT2D eigenvalue weighted by atomic mass is 35.5. The first-order chi connectivity index (χ1) is 9.66. The molecule has 1 heterocycles. The van der Waals surface area contributed by atoms with Crippen LogP contribution >= 0.6 is 11.6 Å². The average Bonchev–Trinajstić information content (AvgIpc) is 2.46. The molecule has 2 atom stereocenters. The van der Waals surface area contributed by atoms with E-state index >= 15 is 0 Å². The number of hydrogen-bond donors (Lipinski definition) is 0. The summed E-state index contributed by atoms with van der Waals surface area (Å²) in [6.07, 6.45) is 8.06. The predicted octanol–water partition coefficient (Wildman–Crippen LogP) is 4.70. The number of carbonyl (C=O) groups excluding carboxylic acids is 1. The maximum atomic E-state index is 11.5. The van der Waals surface area contributed by atoms with Crippen molar-refractivity contribution in [1.29, 1.82) is 0 Å². The first-order valence-corrected chi connectivity index (χ1v) is 8.12. The van der Waals surface area contributed by atoms with E-state index < -0.39 is 0 Å². The van der Waals surface area contributed by atoms with Gasteiger partial charge in [0.15, 0.2) is 5.78 Å². The molecule has 1 aromatic carbocycles. The lowest BCUT2D eigenvalue weighted by Crippen LogP contribution is -2.46.